The number of amidine groups is 2. The van der Waals surface area contributed by atoms with Gasteiger partial charge >= 0.3 is 0 Å². The summed E-state index contributed by atoms with van der Waals surface area (Å²) < 4.78 is 9.38. The summed E-state index contributed by atoms with van der Waals surface area (Å²) in [4.78, 5) is 10.9. The Labute approximate surface area is 344 Å². The van der Waals surface area contributed by atoms with E-state index in [0.29, 0.717) is 5.84 Å². The molecule has 2 aromatic heterocycles. The van der Waals surface area contributed by atoms with Gasteiger partial charge in [0, 0.05) is 32.7 Å². The van der Waals surface area contributed by atoms with Crippen molar-refractivity contribution in [1.82, 2.24) is 9.88 Å². The predicted octanol–water partition coefficient (Wildman–Crippen LogP) is 13.8. The monoisotopic (exact) mass is 766 g/mol. The van der Waals surface area contributed by atoms with Gasteiger partial charge in [-0.2, -0.15) is 0 Å². The largest absolute Gasteiger partial charge is 0.454 e. The number of hydrogen-bond donors (Lipinski definition) is 1. The van der Waals surface area contributed by atoms with Crippen LogP contribution >= 0.6 is 0 Å². The number of nitrogens with one attached hydrogen (secondary N) is 1. The summed E-state index contributed by atoms with van der Waals surface area (Å²) in [6, 6.07) is 69.2. The van der Waals surface area contributed by atoms with Crippen LogP contribution in [0.1, 0.15) is 22.9 Å². The average molecular weight is 767 g/mol. The molecule has 0 fully saturated rings. The van der Waals surface area contributed by atoms with Crippen LogP contribution in [0.5, 0.6) is 0 Å². The maximum absolute atomic E-state index is 7.00. The van der Waals surface area contributed by atoms with Gasteiger partial charge in [0.25, 0.3) is 0 Å². The van der Waals surface area contributed by atoms with Gasteiger partial charge in [-0.15, -0.1) is 0 Å². The first kappa shape index (κ1) is 33.0. The van der Waals surface area contributed by atoms with Gasteiger partial charge < -0.3 is 14.3 Å². The van der Waals surface area contributed by atoms with Crippen LogP contribution in [0.3, 0.4) is 0 Å². The number of hydrogen-bond acceptors (Lipinski definition) is 4. The molecule has 13 rings (SSSR count). The summed E-state index contributed by atoms with van der Waals surface area (Å²) in [5.41, 5.74) is 7.82. The van der Waals surface area contributed by atoms with Crippen LogP contribution in [0, 0.1) is 0 Å². The number of para-hydroxylation sites is 1. The number of nitrogens with zero attached hydrogens (tertiary/aromatic N) is 3. The molecule has 0 saturated heterocycles. The van der Waals surface area contributed by atoms with E-state index in [1.807, 2.05) is 6.07 Å². The maximum Gasteiger partial charge on any atom is 0.159 e. The molecule has 0 aliphatic carbocycles. The Morgan fingerprint density at radius 1 is 0.467 bits per heavy atom. The zero-order valence-electron chi connectivity index (χ0n) is 32.3. The Morgan fingerprint density at radius 3 is 1.97 bits per heavy atom. The first-order valence-electron chi connectivity index (χ1n) is 20.4. The minimum atomic E-state index is -0.375. The van der Waals surface area contributed by atoms with Crippen LogP contribution in [-0.2, 0) is 0 Å². The highest BCUT2D eigenvalue weighted by Crippen LogP contribution is 2.42. The normalized spacial score (nSPS) is 14.5. The van der Waals surface area contributed by atoms with E-state index in [-0.39, 0.29) is 6.17 Å². The predicted molar refractivity (Wildman–Crippen MR) is 250 cm³/mol. The van der Waals surface area contributed by atoms with Gasteiger partial charge in [-0.25, -0.2) is 9.98 Å². The lowest BCUT2D eigenvalue weighted by molar-refractivity contribution is 0.666. The van der Waals surface area contributed by atoms with Crippen LogP contribution in [0.15, 0.2) is 209 Å². The summed E-state index contributed by atoms with van der Waals surface area (Å²) >= 11 is 0. The lowest BCUT2D eigenvalue weighted by atomic mass is 9.96. The van der Waals surface area contributed by atoms with Crippen molar-refractivity contribution in [2.24, 2.45) is 9.98 Å². The molecule has 1 atom stereocenters. The van der Waals surface area contributed by atoms with E-state index in [9.17, 15) is 0 Å². The van der Waals surface area contributed by atoms with Crippen molar-refractivity contribution in [1.29, 1.82) is 0 Å². The summed E-state index contributed by atoms with van der Waals surface area (Å²) in [6.07, 6.45) is -0.375. The van der Waals surface area contributed by atoms with Gasteiger partial charge in [0.15, 0.2) is 11.4 Å². The fourth-order valence-corrected chi connectivity index (χ4v) is 9.61. The molecule has 5 nitrogen and oxygen atoms in total. The molecule has 0 radical (unpaired) electrons. The van der Waals surface area contributed by atoms with Gasteiger partial charge in [-0.1, -0.05) is 152 Å². The second-order valence-electron chi connectivity index (χ2n) is 15.8. The Bertz CT molecular complexity index is 3820. The fraction of sp³-hybridized carbons (Fsp3) is 0.0182. The maximum atomic E-state index is 7.00. The first-order valence-corrected chi connectivity index (χ1v) is 20.4. The van der Waals surface area contributed by atoms with E-state index in [1.165, 1.54) is 32.3 Å². The number of rotatable bonds is 4. The van der Waals surface area contributed by atoms with E-state index in [0.717, 1.165) is 82.7 Å². The highest BCUT2D eigenvalue weighted by atomic mass is 16.3. The zero-order chi connectivity index (χ0) is 39.3. The molecule has 10 aromatic carbocycles. The Hall–Kier alpha value is -8.02. The van der Waals surface area contributed by atoms with Crippen molar-refractivity contribution in [2.45, 2.75) is 6.17 Å². The van der Waals surface area contributed by atoms with Crippen LogP contribution in [0.25, 0.3) is 92.5 Å². The van der Waals surface area contributed by atoms with E-state index in [1.54, 1.807) is 0 Å². The molecule has 5 heteroatoms. The van der Waals surface area contributed by atoms with E-state index in [2.05, 4.69) is 198 Å². The number of furan rings is 1. The molecule has 60 heavy (non-hydrogen) atoms. The number of benzene rings is 10. The molecule has 1 aliphatic rings. The molecule has 0 bridgehead atoms. The summed E-state index contributed by atoms with van der Waals surface area (Å²) in [7, 11) is 0. The number of aromatic nitrogens is 1. The standard InChI is InChI=1S/C55H34N4O/c1-2-15-34(16-3-1)53-56-54(58-55(57-53)45-29-37-19-7-8-20-39(37)41-22-10-11-23-42(41)45)38-30-46-51-40-21-9-6-14-33(40)26-27-50(51)60-52(46)49(32-38)59-47-25-13-12-24-43(47)44-28-35-17-4-5-18-36(35)31-48(44)59/h1-32,53H,(H,56,57,58). The molecule has 1 unspecified atom stereocenters. The molecular formula is C55H34N4O. The quantitative estimate of drug-likeness (QED) is 0.181. The lowest BCUT2D eigenvalue weighted by Crippen LogP contribution is -2.33. The third-order valence-corrected chi connectivity index (χ3v) is 12.4. The smallest absolute Gasteiger partial charge is 0.159 e. The number of aliphatic imine (C=N–C) groups is 2. The topological polar surface area (TPSA) is 54.8 Å². The molecule has 1 N–H and O–H groups in total. The highest BCUT2D eigenvalue weighted by Gasteiger charge is 2.26. The Balaban J connectivity index is 1.14. The summed E-state index contributed by atoms with van der Waals surface area (Å²) in [5, 5.41) is 17.7. The van der Waals surface area contributed by atoms with Crippen molar-refractivity contribution in [3.63, 3.8) is 0 Å². The Morgan fingerprint density at radius 2 is 1.13 bits per heavy atom. The third kappa shape index (κ3) is 4.93. The van der Waals surface area contributed by atoms with Crippen LogP contribution in [0.2, 0.25) is 0 Å². The van der Waals surface area contributed by atoms with Crippen LogP contribution in [-0.4, -0.2) is 16.2 Å². The zero-order valence-corrected chi connectivity index (χ0v) is 32.3. The number of fused-ring (bicyclic) bond motifs is 12. The van der Waals surface area contributed by atoms with Crippen molar-refractivity contribution in [2.75, 3.05) is 0 Å². The van der Waals surface area contributed by atoms with Gasteiger partial charge in [0.05, 0.1) is 16.7 Å². The molecule has 280 valence electrons. The van der Waals surface area contributed by atoms with Crippen molar-refractivity contribution < 1.29 is 4.42 Å². The van der Waals surface area contributed by atoms with Crippen molar-refractivity contribution >= 4 is 98.5 Å². The van der Waals surface area contributed by atoms with Gasteiger partial charge in [-0.3, -0.25) is 0 Å². The molecular weight excluding hydrogens is 733 g/mol. The van der Waals surface area contributed by atoms with Crippen molar-refractivity contribution in [3.05, 3.63) is 211 Å². The molecule has 1 aliphatic heterocycles. The van der Waals surface area contributed by atoms with E-state index < -0.39 is 0 Å². The van der Waals surface area contributed by atoms with E-state index >= 15 is 0 Å². The van der Waals surface area contributed by atoms with Crippen molar-refractivity contribution in [3.8, 4) is 5.69 Å². The molecule has 3 heterocycles. The molecule has 0 amide bonds. The molecule has 0 saturated carbocycles. The molecule has 12 aromatic rings. The second-order valence-corrected chi connectivity index (χ2v) is 15.8. The van der Waals surface area contributed by atoms with Gasteiger partial charge in [0.1, 0.15) is 17.6 Å². The summed E-state index contributed by atoms with van der Waals surface area (Å²) in [6.45, 7) is 0. The molecule has 0 spiro atoms. The minimum Gasteiger partial charge on any atom is -0.454 e. The average Bonchev–Trinajstić information content (AvgIpc) is 3.86. The Kier molecular flexibility index (Phi) is 7.01. The summed E-state index contributed by atoms with van der Waals surface area (Å²) in [5.74, 6) is 1.43. The van der Waals surface area contributed by atoms with Crippen LogP contribution < -0.4 is 5.32 Å². The fourth-order valence-electron chi connectivity index (χ4n) is 9.61. The van der Waals surface area contributed by atoms with Crippen LogP contribution in [0.4, 0.5) is 0 Å². The minimum absolute atomic E-state index is 0.375. The lowest BCUT2D eigenvalue weighted by Gasteiger charge is -2.25. The SMILES string of the molecule is c1ccc(C2N=C(c3cc(-n4c5ccccc5c5cc6ccccc6cc54)c4oc5ccc6ccccc6c5c4c3)N=C(c3cc4ccccc4c4ccccc34)N2)cc1. The van der Waals surface area contributed by atoms with Gasteiger partial charge in [-0.05, 0) is 91.1 Å². The van der Waals surface area contributed by atoms with E-state index in [4.69, 9.17) is 14.4 Å². The highest BCUT2D eigenvalue weighted by molar-refractivity contribution is 6.25. The third-order valence-electron chi connectivity index (χ3n) is 12.4. The first-order chi connectivity index (χ1) is 29.7. The van der Waals surface area contributed by atoms with Gasteiger partial charge in [0.2, 0.25) is 0 Å². The second kappa shape index (κ2) is 12.7.